The summed E-state index contributed by atoms with van der Waals surface area (Å²) >= 11 is 0. The molecule has 0 aliphatic carbocycles. The van der Waals surface area contributed by atoms with Gasteiger partial charge in [-0.05, 0) is 20.5 Å². The Bertz CT molecular complexity index is 237. The Balaban J connectivity index is 3.96. The van der Waals surface area contributed by atoms with Crippen LogP contribution in [0, 0.1) is 0 Å². The molecule has 19 heavy (non-hydrogen) atoms. The van der Waals surface area contributed by atoms with E-state index in [0.717, 1.165) is 19.4 Å². The van der Waals surface area contributed by atoms with Crippen LogP contribution in [0.15, 0.2) is 0 Å². The van der Waals surface area contributed by atoms with Crippen LogP contribution in [0.25, 0.3) is 0 Å². The van der Waals surface area contributed by atoms with E-state index in [1.807, 2.05) is 19.0 Å². The molecule has 2 N–H and O–H groups in total. The molecule has 1 atom stereocenters. The first kappa shape index (κ1) is 18.3. The smallest absolute Gasteiger partial charge is 0.317 e. The van der Waals surface area contributed by atoms with Crippen LogP contribution in [0.5, 0.6) is 0 Å². The van der Waals surface area contributed by atoms with Crippen LogP contribution in [0.4, 0.5) is 0 Å². The summed E-state index contributed by atoms with van der Waals surface area (Å²) in [5, 5.41) is 18.7. The van der Waals surface area contributed by atoms with Crippen molar-refractivity contribution in [1.82, 2.24) is 9.80 Å². The van der Waals surface area contributed by atoms with Crippen molar-refractivity contribution in [2.24, 2.45) is 0 Å². The average molecular weight is 276 g/mol. The lowest BCUT2D eigenvalue weighted by molar-refractivity contribution is -0.138. The lowest BCUT2D eigenvalue weighted by Crippen LogP contribution is -2.41. The molecule has 0 aromatic rings. The number of aliphatic hydroxyl groups excluding tert-OH is 1. The number of ether oxygens (including phenoxy) is 1. The Morgan fingerprint density at radius 1 is 1.32 bits per heavy atom. The van der Waals surface area contributed by atoms with Crippen molar-refractivity contribution >= 4 is 5.97 Å². The molecule has 0 rings (SSSR count). The molecule has 0 aliphatic rings. The Morgan fingerprint density at radius 3 is 2.53 bits per heavy atom. The van der Waals surface area contributed by atoms with E-state index in [4.69, 9.17) is 9.84 Å². The average Bonchev–Trinajstić information content (AvgIpc) is 2.31. The Labute approximate surface area is 116 Å². The third-order valence-electron chi connectivity index (χ3n) is 2.64. The third-order valence-corrected chi connectivity index (χ3v) is 2.64. The highest BCUT2D eigenvalue weighted by molar-refractivity contribution is 5.69. The summed E-state index contributed by atoms with van der Waals surface area (Å²) in [7, 11) is 3.87. The lowest BCUT2D eigenvalue weighted by Gasteiger charge is -2.24. The maximum absolute atomic E-state index is 10.8. The maximum Gasteiger partial charge on any atom is 0.317 e. The summed E-state index contributed by atoms with van der Waals surface area (Å²) in [5.41, 5.74) is 0. The molecule has 6 nitrogen and oxygen atoms in total. The van der Waals surface area contributed by atoms with Crippen molar-refractivity contribution in [3.8, 4) is 0 Å². The van der Waals surface area contributed by atoms with Crippen molar-refractivity contribution in [3.63, 3.8) is 0 Å². The minimum absolute atomic E-state index is 0.0557. The van der Waals surface area contributed by atoms with Crippen LogP contribution < -0.4 is 0 Å². The van der Waals surface area contributed by atoms with Gasteiger partial charge in [0, 0.05) is 26.2 Å². The molecule has 0 aliphatic heterocycles. The van der Waals surface area contributed by atoms with E-state index < -0.39 is 12.1 Å². The van der Waals surface area contributed by atoms with E-state index in [9.17, 15) is 9.90 Å². The van der Waals surface area contributed by atoms with Gasteiger partial charge in [0.25, 0.3) is 0 Å². The molecule has 0 aromatic heterocycles. The number of carboxylic acid groups (broad SMARTS) is 1. The van der Waals surface area contributed by atoms with E-state index in [1.54, 1.807) is 4.90 Å². The minimum Gasteiger partial charge on any atom is -0.480 e. The zero-order valence-corrected chi connectivity index (χ0v) is 12.3. The van der Waals surface area contributed by atoms with Gasteiger partial charge in [-0.2, -0.15) is 0 Å². The van der Waals surface area contributed by atoms with Gasteiger partial charge >= 0.3 is 5.97 Å². The van der Waals surface area contributed by atoms with Crippen molar-refractivity contribution in [2.75, 3.05) is 53.5 Å². The van der Waals surface area contributed by atoms with E-state index in [1.165, 1.54) is 0 Å². The van der Waals surface area contributed by atoms with Crippen molar-refractivity contribution in [1.29, 1.82) is 0 Å². The second-order valence-corrected chi connectivity index (χ2v) is 5.01. The van der Waals surface area contributed by atoms with E-state index in [0.29, 0.717) is 19.7 Å². The zero-order chi connectivity index (χ0) is 14.7. The summed E-state index contributed by atoms with van der Waals surface area (Å²) in [6.07, 6.45) is 1.40. The lowest BCUT2D eigenvalue weighted by atomic mass is 10.3. The predicted molar refractivity (Wildman–Crippen MR) is 74.4 cm³/mol. The van der Waals surface area contributed by atoms with Crippen LogP contribution in [-0.4, -0.2) is 85.6 Å². The highest BCUT2D eigenvalue weighted by Gasteiger charge is 2.14. The van der Waals surface area contributed by atoms with Gasteiger partial charge in [0.2, 0.25) is 0 Å². The van der Waals surface area contributed by atoms with Crippen molar-refractivity contribution in [3.05, 3.63) is 0 Å². The molecule has 0 saturated carbocycles. The van der Waals surface area contributed by atoms with Gasteiger partial charge in [0.05, 0.1) is 19.3 Å². The number of aliphatic hydroxyl groups is 1. The van der Waals surface area contributed by atoms with Crippen LogP contribution in [0.1, 0.15) is 19.8 Å². The minimum atomic E-state index is -0.877. The summed E-state index contributed by atoms with van der Waals surface area (Å²) < 4.78 is 5.33. The molecule has 1 unspecified atom stereocenters. The largest absolute Gasteiger partial charge is 0.480 e. The highest BCUT2D eigenvalue weighted by atomic mass is 16.5. The maximum atomic E-state index is 10.8. The summed E-state index contributed by atoms with van der Waals surface area (Å²) in [6.45, 7) is 4.63. The molecular weight excluding hydrogens is 248 g/mol. The number of carboxylic acids is 1. The SMILES string of the molecule is CCCCOCC(O)CN(CCN(C)C)CC(=O)O. The monoisotopic (exact) mass is 276 g/mol. The van der Waals surface area contributed by atoms with Crippen LogP contribution in [0.2, 0.25) is 0 Å². The van der Waals surface area contributed by atoms with Crippen LogP contribution in [0.3, 0.4) is 0 Å². The van der Waals surface area contributed by atoms with Gasteiger partial charge in [-0.1, -0.05) is 13.3 Å². The molecule has 6 heteroatoms. The number of rotatable bonds is 12. The van der Waals surface area contributed by atoms with Crippen molar-refractivity contribution < 1.29 is 19.7 Å². The van der Waals surface area contributed by atoms with E-state index in [2.05, 4.69) is 6.92 Å². The third kappa shape index (κ3) is 12.1. The molecule has 0 amide bonds. The fourth-order valence-corrected chi connectivity index (χ4v) is 1.58. The van der Waals surface area contributed by atoms with E-state index in [-0.39, 0.29) is 13.2 Å². The first-order chi connectivity index (χ1) is 8.95. The standard InChI is InChI=1S/C13H28N2O4/c1-4-5-8-19-11-12(16)9-15(10-13(17)18)7-6-14(2)3/h12,16H,4-11H2,1-3H3,(H,17,18). The second kappa shape index (κ2) is 11.2. The van der Waals surface area contributed by atoms with Gasteiger partial charge < -0.3 is 19.8 Å². The Hall–Kier alpha value is -0.690. The first-order valence-electron chi connectivity index (χ1n) is 6.80. The number of aliphatic carboxylic acids is 1. The van der Waals surface area contributed by atoms with Gasteiger partial charge in [-0.3, -0.25) is 9.69 Å². The fraction of sp³-hybridized carbons (Fsp3) is 0.923. The van der Waals surface area contributed by atoms with Crippen LogP contribution in [-0.2, 0) is 9.53 Å². The normalized spacial score (nSPS) is 13.2. The molecule has 0 saturated heterocycles. The summed E-state index contributed by atoms with van der Waals surface area (Å²) in [6, 6.07) is 0. The highest BCUT2D eigenvalue weighted by Crippen LogP contribution is 1.96. The molecular formula is C13H28N2O4. The molecule has 0 spiro atoms. The quantitative estimate of drug-likeness (QED) is 0.493. The number of unbranched alkanes of at least 4 members (excludes halogenated alkanes) is 1. The van der Waals surface area contributed by atoms with Crippen molar-refractivity contribution in [2.45, 2.75) is 25.9 Å². The van der Waals surface area contributed by atoms with E-state index >= 15 is 0 Å². The van der Waals surface area contributed by atoms with Gasteiger partial charge in [0.1, 0.15) is 0 Å². The molecule has 114 valence electrons. The number of carbonyl (C=O) groups is 1. The zero-order valence-electron chi connectivity index (χ0n) is 12.3. The molecule has 0 fully saturated rings. The van der Waals surface area contributed by atoms with Gasteiger partial charge in [0.15, 0.2) is 0 Å². The topological polar surface area (TPSA) is 73.2 Å². The predicted octanol–water partition coefficient (Wildman–Crippen LogP) is 0.112. The number of nitrogens with zero attached hydrogens (tertiary/aromatic N) is 2. The molecule has 0 aromatic carbocycles. The second-order valence-electron chi connectivity index (χ2n) is 5.01. The fourth-order valence-electron chi connectivity index (χ4n) is 1.58. The van der Waals surface area contributed by atoms with Crippen LogP contribution >= 0.6 is 0 Å². The molecule has 0 bridgehead atoms. The Morgan fingerprint density at radius 2 is 2.00 bits per heavy atom. The first-order valence-corrected chi connectivity index (χ1v) is 6.80. The van der Waals surface area contributed by atoms with Gasteiger partial charge in [-0.25, -0.2) is 0 Å². The number of hydrogen-bond acceptors (Lipinski definition) is 5. The van der Waals surface area contributed by atoms with Gasteiger partial charge in [-0.15, -0.1) is 0 Å². The number of likely N-dealkylation sites (N-methyl/N-ethyl adjacent to an activating group) is 1. The Kier molecular flexibility index (Phi) is 10.8. The summed E-state index contributed by atoms with van der Waals surface area (Å²) in [5.74, 6) is -0.877. The molecule has 0 radical (unpaired) electrons. The summed E-state index contributed by atoms with van der Waals surface area (Å²) in [4.78, 5) is 14.5. The molecule has 0 heterocycles. The number of hydrogen-bond donors (Lipinski definition) is 2.